The summed E-state index contributed by atoms with van der Waals surface area (Å²) < 4.78 is 16.8. The molecule has 0 saturated heterocycles. The van der Waals surface area contributed by atoms with Crippen molar-refractivity contribution in [2.24, 2.45) is 0 Å². The van der Waals surface area contributed by atoms with Crippen LogP contribution in [0.1, 0.15) is 37.4 Å². The fourth-order valence-corrected chi connectivity index (χ4v) is 4.44. The largest absolute Gasteiger partial charge is 0.493 e. The Bertz CT molecular complexity index is 1280. The molecule has 198 valence electrons. The predicted molar refractivity (Wildman–Crippen MR) is 136 cm³/mol. The van der Waals surface area contributed by atoms with E-state index in [0.717, 1.165) is 5.56 Å². The zero-order valence-electron chi connectivity index (χ0n) is 21.4. The van der Waals surface area contributed by atoms with Crippen molar-refractivity contribution in [1.82, 2.24) is 10.6 Å². The van der Waals surface area contributed by atoms with Gasteiger partial charge in [-0.2, -0.15) is 0 Å². The lowest BCUT2D eigenvalue weighted by atomic mass is 9.95. The number of methoxy groups -OCH3 is 3. The molecule has 3 rings (SSSR count). The zero-order chi connectivity index (χ0) is 27.3. The van der Waals surface area contributed by atoms with Crippen LogP contribution in [0.25, 0.3) is 11.1 Å². The number of benzene rings is 1. The highest BCUT2D eigenvalue weighted by molar-refractivity contribution is 5.87. The van der Waals surface area contributed by atoms with Gasteiger partial charge in [0, 0.05) is 12.5 Å². The molecular weight excluding hydrogens is 482 g/mol. The number of carboxylic acids is 1. The predicted octanol–water partition coefficient (Wildman–Crippen LogP) is 1.86. The van der Waals surface area contributed by atoms with Crippen molar-refractivity contribution in [3.8, 4) is 28.4 Å². The van der Waals surface area contributed by atoms with Gasteiger partial charge >= 0.3 is 5.97 Å². The molecule has 0 bridgehead atoms. The molecule has 1 aliphatic rings. The Balaban J connectivity index is 2.20. The van der Waals surface area contributed by atoms with E-state index in [2.05, 4.69) is 16.0 Å². The van der Waals surface area contributed by atoms with Gasteiger partial charge in [0.15, 0.2) is 11.5 Å². The van der Waals surface area contributed by atoms with Crippen molar-refractivity contribution in [2.45, 2.75) is 38.8 Å². The third-order valence-corrected chi connectivity index (χ3v) is 6.10. The molecule has 0 saturated carbocycles. The lowest BCUT2D eigenvalue weighted by Gasteiger charge is -2.19. The SMILES string of the molecule is COc1cc2c(c(OC)c1OC)-c1ccc(N[C@H](C)C(=O)NCC(=O)O)c(=O)cc1[C@H](NC(C)=O)CC2. The van der Waals surface area contributed by atoms with Crippen LogP contribution in [-0.4, -0.2) is 56.8 Å². The molecule has 0 radical (unpaired) electrons. The smallest absolute Gasteiger partial charge is 0.322 e. The number of rotatable bonds is 9. The number of aryl methyl sites for hydroxylation is 1. The van der Waals surface area contributed by atoms with Crippen molar-refractivity contribution >= 4 is 23.5 Å². The second-order valence-electron chi connectivity index (χ2n) is 8.57. The highest BCUT2D eigenvalue weighted by Crippen LogP contribution is 2.50. The van der Waals surface area contributed by atoms with Crippen LogP contribution in [0, 0.1) is 0 Å². The van der Waals surface area contributed by atoms with Gasteiger partial charge in [-0.05, 0) is 54.7 Å². The molecule has 4 N–H and O–H groups in total. The van der Waals surface area contributed by atoms with Crippen molar-refractivity contribution in [3.05, 3.63) is 45.6 Å². The monoisotopic (exact) mass is 513 g/mol. The summed E-state index contributed by atoms with van der Waals surface area (Å²) in [5, 5.41) is 16.9. The number of carboxylic acid groups (broad SMARTS) is 1. The number of hydrogen-bond donors (Lipinski definition) is 4. The Kier molecular flexibility index (Phi) is 8.59. The van der Waals surface area contributed by atoms with Crippen LogP contribution >= 0.6 is 0 Å². The van der Waals surface area contributed by atoms with Crippen molar-refractivity contribution in [2.75, 3.05) is 33.2 Å². The van der Waals surface area contributed by atoms with E-state index in [1.807, 2.05) is 6.07 Å². The molecule has 37 heavy (non-hydrogen) atoms. The van der Waals surface area contributed by atoms with Gasteiger partial charge in [-0.3, -0.25) is 19.2 Å². The summed E-state index contributed by atoms with van der Waals surface area (Å²) in [7, 11) is 4.55. The molecule has 0 aliphatic heterocycles. The van der Waals surface area contributed by atoms with E-state index in [-0.39, 0.29) is 11.6 Å². The first-order chi connectivity index (χ1) is 17.6. The Morgan fingerprint density at radius 1 is 1.08 bits per heavy atom. The standard InChI is InChI=1S/C26H31N3O8/c1-13(26(34)27-12-22(32)33)28-19-9-7-16-17(11-20(19)31)18(29-14(2)30)8-6-15-10-21(35-3)24(36-4)25(37-5)23(15)16/h7,9-11,13,18H,6,8,12H2,1-5H3,(H,27,34)(H,28,31)(H,29,30)(H,32,33)/t13-,18-/m1/s1. The minimum Gasteiger partial charge on any atom is -0.493 e. The van der Waals surface area contributed by atoms with Crippen LogP contribution in [0.15, 0.2) is 29.1 Å². The molecule has 0 unspecified atom stereocenters. The maximum absolute atomic E-state index is 13.3. The lowest BCUT2D eigenvalue weighted by Crippen LogP contribution is -2.40. The van der Waals surface area contributed by atoms with E-state index in [1.54, 1.807) is 12.1 Å². The summed E-state index contributed by atoms with van der Waals surface area (Å²) in [6.07, 6.45) is 1.08. The Morgan fingerprint density at radius 2 is 1.78 bits per heavy atom. The Labute approximate surface area is 214 Å². The summed E-state index contributed by atoms with van der Waals surface area (Å²) in [5.74, 6) is -0.686. The average molecular weight is 514 g/mol. The molecule has 11 nitrogen and oxygen atoms in total. The number of fused-ring (bicyclic) bond motifs is 3. The summed E-state index contributed by atoms with van der Waals surface area (Å²) in [4.78, 5) is 48.3. The van der Waals surface area contributed by atoms with Gasteiger partial charge in [-0.25, -0.2) is 0 Å². The molecule has 0 spiro atoms. The van der Waals surface area contributed by atoms with Gasteiger partial charge in [-0.15, -0.1) is 0 Å². The second-order valence-corrected chi connectivity index (χ2v) is 8.57. The lowest BCUT2D eigenvalue weighted by molar-refractivity contribution is -0.138. The number of carbonyl (C=O) groups excluding carboxylic acids is 2. The number of anilines is 1. The molecule has 2 amide bonds. The van der Waals surface area contributed by atoms with Gasteiger partial charge in [-0.1, -0.05) is 6.07 Å². The van der Waals surface area contributed by atoms with E-state index in [4.69, 9.17) is 19.3 Å². The molecule has 0 heterocycles. The van der Waals surface area contributed by atoms with E-state index in [1.165, 1.54) is 41.2 Å². The molecule has 2 atom stereocenters. The number of aliphatic carboxylic acids is 1. The van der Waals surface area contributed by atoms with Crippen LogP contribution in [0.3, 0.4) is 0 Å². The van der Waals surface area contributed by atoms with Crippen molar-refractivity contribution in [3.63, 3.8) is 0 Å². The molecule has 2 aromatic carbocycles. The van der Waals surface area contributed by atoms with Gasteiger partial charge in [0.2, 0.25) is 23.0 Å². The summed E-state index contributed by atoms with van der Waals surface area (Å²) in [6.45, 7) is 2.40. The summed E-state index contributed by atoms with van der Waals surface area (Å²) in [5.41, 5.74) is 2.55. The van der Waals surface area contributed by atoms with Crippen LogP contribution in [0.5, 0.6) is 17.2 Å². The molecule has 0 fully saturated rings. The quantitative estimate of drug-likeness (QED) is 0.394. The zero-order valence-corrected chi connectivity index (χ0v) is 21.4. The van der Waals surface area contributed by atoms with Crippen LogP contribution in [-0.2, 0) is 20.8 Å². The van der Waals surface area contributed by atoms with Crippen molar-refractivity contribution < 1.29 is 33.7 Å². The van der Waals surface area contributed by atoms with E-state index < -0.39 is 35.9 Å². The third-order valence-electron chi connectivity index (χ3n) is 6.10. The molecule has 0 aromatic heterocycles. The number of nitrogens with one attached hydrogen (secondary N) is 3. The van der Waals surface area contributed by atoms with Crippen LogP contribution in [0.4, 0.5) is 5.69 Å². The Morgan fingerprint density at radius 3 is 2.38 bits per heavy atom. The third kappa shape index (κ3) is 5.93. The second kappa shape index (κ2) is 11.6. The van der Waals surface area contributed by atoms with Gasteiger partial charge in [0.1, 0.15) is 12.6 Å². The van der Waals surface area contributed by atoms with Gasteiger partial charge in [0.25, 0.3) is 0 Å². The highest BCUT2D eigenvalue weighted by atomic mass is 16.5. The molecule has 11 heteroatoms. The maximum Gasteiger partial charge on any atom is 0.322 e. The molecule has 1 aliphatic carbocycles. The van der Waals surface area contributed by atoms with E-state index in [0.29, 0.717) is 46.8 Å². The van der Waals surface area contributed by atoms with E-state index in [9.17, 15) is 19.2 Å². The Hall–Kier alpha value is -4.28. The minimum atomic E-state index is -1.18. The number of carbonyl (C=O) groups is 3. The van der Waals surface area contributed by atoms with Crippen molar-refractivity contribution in [1.29, 1.82) is 0 Å². The summed E-state index contributed by atoms with van der Waals surface area (Å²) in [6, 6.07) is 5.23. The first kappa shape index (κ1) is 27.3. The minimum absolute atomic E-state index is 0.133. The molecule has 2 aromatic rings. The fraction of sp³-hybridized carbons (Fsp3) is 0.385. The fourth-order valence-electron chi connectivity index (χ4n) is 4.44. The normalized spacial score (nSPS) is 14.7. The van der Waals surface area contributed by atoms with Gasteiger partial charge in [0.05, 0.1) is 33.1 Å². The van der Waals surface area contributed by atoms with Crippen LogP contribution < -0.4 is 35.6 Å². The summed E-state index contributed by atoms with van der Waals surface area (Å²) >= 11 is 0. The highest BCUT2D eigenvalue weighted by Gasteiger charge is 2.29. The number of amides is 2. The number of ether oxygens (including phenoxy) is 3. The number of hydrogen-bond acceptors (Lipinski definition) is 8. The van der Waals surface area contributed by atoms with Gasteiger partial charge < -0.3 is 35.3 Å². The topological polar surface area (TPSA) is 152 Å². The first-order valence-corrected chi connectivity index (χ1v) is 11.6. The maximum atomic E-state index is 13.3. The molecular formula is C26H31N3O8. The van der Waals surface area contributed by atoms with E-state index >= 15 is 0 Å². The average Bonchev–Trinajstić information content (AvgIpc) is 3.10. The van der Waals surface area contributed by atoms with Crippen LogP contribution in [0.2, 0.25) is 0 Å². The first-order valence-electron chi connectivity index (χ1n) is 11.6.